The summed E-state index contributed by atoms with van der Waals surface area (Å²) >= 11 is 1.41. The van der Waals surface area contributed by atoms with Crippen molar-refractivity contribution in [1.82, 2.24) is 4.98 Å². The average molecular weight is 396 g/mol. The topological polar surface area (TPSA) is 51.4 Å². The summed E-state index contributed by atoms with van der Waals surface area (Å²) in [5.74, 6) is 0.948. The van der Waals surface area contributed by atoms with Crippen LogP contribution in [0.2, 0.25) is 0 Å². The van der Waals surface area contributed by atoms with Gasteiger partial charge in [-0.25, -0.2) is 9.37 Å². The summed E-state index contributed by atoms with van der Waals surface area (Å²) in [5, 5.41) is 0. The monoisotopic (exact) mass is 395 g/mol. The molecule has 0 radical (unpaired) electrons. The molecule has 6 heteroatoms. The lowest BCUT2D eigenvalue weighted by molar-refractivity contribution is 0.440. The summed E-state index contributed by atoms with van der Waals surface area (Å²) in [4.78, 5) is 7.20. The first-order chi connectivity index (χ1) is 13.3. The van der Waals surface area contributed by atoms with E-state index in [4.69, 9.17) is 10.5 Å². The third-order valence-electron chi connectivity index (χ3n) is 4.60. The van der Waals surface area contributed by atoms with Crippen LogP contribution in [0.25, 0.3) is 0 Å². The molecule has 1 atom stereocenters. The van der Waals surface area contributed by atoms with Crippen LogP contribution in [0.5, 0.6) is 11.6 Å². The van der Waals surface area contributed by atoms with Gasteiger partial charge in [-0.1, -0.05) is 50.7 Å². The molecular weight excluding hydrogens is 373 g/mol. The van der Waals surface area contributed by atoms with Crippen LogP contribution in [0.3, 0.4) is 0 Å². The lowest BCUT2D eigenvalue weighted by atomic mass is 9.86. The molecule has 0 aliphatic carbocycles. The number of nitrogens with zero attached hydrogens (tertiary/aromatic N) is 2. The number of benzene rings is 2. The number of ether oxygens (including phenoxy) is 1. The minimum atomic E-state index is -0.388. The standard InChI is InChI=1S/C22H22FN3OS/c1-22(2,3)15-7-4-5-9-18(15)27-20-17(8-6-12-25-20)26-16-11-10-14(23)13-19(16)28-21(26)24/h4-13,21H,24H2,1-3H3. The Labute approximate surface area is 168 Å². The van der Waals surface area contributed by atoms with Gasteiger partial charge in [-0.3, -0.25) is 0 Å². The SMILES string of the molecule is CC(C)(C)c1ccccc1Oc1ncccc1N1c2ccc(F)cc2SC1N. The zero-order valence-corrected chi connectivity index (χ0v) is 16.8. The van der Waals surface area contributed by atoms with E-state index in [9.17, 15) is 4.39 Å². The first-order valence-electron chi connectivity index (χ1n) is 9.08. The highest BCUT2D eigenvalue weighted by Gasteiger charge is 2.31. The number of hydrogen-bond acceptors (Lipinski definition) is 5. The molecule has 4 rings (SSSR count). The van der Waals surface area contributed by atoms with Gasteiger partial charge in [0.15, 0.2) is 0 Å². The highest BCUT2D eigenvalue weighted by Crippen LogP contribution is 2.48. The molecule has 1 aliphatic rings. The molecule has 0 spiro atoms. The molecule has 0 saturated carbocycles. The van der Waals surface area contributed by atoms with E-state index >= 15 is 0 Å². The van der Waals surface area contributed by atoms with E-state index in [1.165, 1.54) is 23.9 Å². The van der Waals surface area contributed by atoms with Gasteiger partial charge in [0.2, 0.25) is 5.88 Å². The highest BCUT2D eigenvalue weighted by atomic mass is 32.2. The fourth-order valence-electron chi connectivity index (χ4n) is 3.29. The van der Waals surface area contributed by atoms with Crippen molar-refractivity contribution in [2.24, 2.45) is 5.73 Å². The van der Waals surface area contributed by atoms with Crippen molar-refractivity contribution in [1.29, 1.82) is 0 Å². The van der Waals surface area contributed by atoms with Crippen molar-refractivity contribution in [3.8, 4) is 11.6 Å². The molecule has 1 aromatic heterocycles. The van der Waals surface area contributed by atoms with Crippen molar-refractivity contribution in [3.63, 3.8) is 0 Å². The number of nitrogens with two attached hydrogens (primary N) is 1. The maximum Gasteiger partial charge on any atom is 0.243 e. The van der Waals surface area contributed by atoms with Gasteiger partial charge in [0.25, 0.3) is 0 Å². The maximum absolute atomic E-state index is 13.6. The van der Waals surface area contributed by atoms with Crippen molar-refractivity contribution < 1.29 is 9.13 Å². The summed E-state index contributed by atoms with van der Waals surface area (Å²) in [6, 6.07) is 16.4. The highest BCUT2D eigenvalue weighted by molar-refractivity contribution is 8.00. The predicted molar refractivity (Wildman–Crippen MR) is 112 cm³/mol. The summed E-state index contributed by atoms with van der Waals surface area (Å²) in [7, 11) is 0. The zero-order chi connectivity index (χ0) is 19.9. The van der Waals surface area contributed by atoms with Crippen LogP contribution < -0.4 is 15.4 Å². The molecule has 4 nitrogen and oxygen atoms in total. The smallest absolute Gasteiger partial charge is 0.243 e. The lowest BCUT2D eigenvalue weighted by Gasteiger charge is -2.26. The Kier molecular flexibility index (Phi) is 4.77. The van der Waals surface area contributed by atoms with Crippen LogP contribution >= 0.6 is 11.8 Å². The molecule has 3 aromatic rings. The largest absolute Gasteiger partial charge is 0.437 e. The molecule has 28 heavy (non-hydrogen) atoms. The van der Waals surface area contributed by atoms with Gasteiger partial charge in [-0.15, -0.1) is 0 Å². The van der Waals surface area contributed by atoms with Gasteiger partial charge in [0.1, 0.15) is 22.8 Å². The first kappa shape index (κ1) is 18.8. The van der Waals surface area contributed by atoms with Crippen molar-refractivity contribution in [2.75, 3.05) is 4.90 Å². The minimum absolute atomic E-state index is 0.0738. The van der Waals surface area contributed by atoms with Crippen molar-refractivity contribution in [2.45, 2.75) is 36.6 Å². The maximum atomic E-state index is 13.6. The second-order valence-electron chi connectivity index (χ2n) is 7.67. The second-order valence-corrected chi connectivity index (χ2v) is 8.82. The number of thioether (sulfide) groups is 1. The molecule has 2 heterocycles. The fraction of sp³-hybridized carbons (Fsp3) is 0.227. The molecule has 1 aliphatic heterocycles. The van der Waals surface area contributed by atoms with Crippen LogP contribution in [0.1, 0.15) is 26.3 Å². The molecule has 0 bridgehead atoms. The third kappa shape index (κ3) is 3.45. The van der Waals surface area contributed by atoms with E-state index < -0.39 is 0 Å². The fourth-order valence-corrected chi connectivity index (χ4v) is 4.35. The third-order valence-corrected chi connectivity index (χ3v) is 5.63. The van der Waals surface area contributed by atoms with Crippen LogP contribution in [0.4, 0.5) is 15.8 Å². The first-order valence-corrected chi connectivity index (χ1v) is 9.96. The Bertz CT molecular complexity index is 1020. The normalized spacial score (nSPS) is 16.2. The lowest BCUT2D eigenvalue weighted by Crippen LogP contribution is -2.32. The van der Waals surface area contributed by atoms with Gasteiger partial charge in [0.05, 0.1) is 5.69 Å². The Morgan fingerprint density at radius 2 is 1.86 bits per heavy atom. The van der Waals surface area contributed by atoms with Gasteiger partial charge in [-0.2, -0.15) is 0 Å². The molecule has 2 N–H and O–H groups in total. The van der Waals surface area contributed by atoms with Gasteiger partial charge >= 0.3 is 0 Å². The van der Waals surface area contributed by atoms with E-state index in [2.05, 4.69) is 31.8 Å². The van der Waals surface area contributed by atoms with Crippen molar-refractivity contribution >= 4 is 23.1 Å². The molecule has 0 fully saturated rings. The number of para-hydroxylation sites is 1. The number of hydrogen-bond donors (Lipinski definition) is 1. The Hall–Kier alpha value is -2.57. The van der Waals surface area contributed by atoms with E-state index in [0.29, 0.717) is 5.88 Å². The van der Waals surface area contributed by atoms with Crippen LogP contribution in [-0.2, 0) is 5.41 Å². The predicted octanol–water partition coefficient (Wildman–Crippen LogP) is 5.80. The summed E-state index contributed by atoms with van der Waals surface area (Å²) in [6.07, 6.45) is 1.69. The minimum Gasteiger partial charge on any atom is -0.437 e. The van der Waals surface area contributed by atoms with E-state index in [1.54, 1.807) is 12.3 Å². The average Bonchev–Trinajstić information content (AvgIpc) is 2.96. The van der Waals surface area contributed by atoms with E-state index in [0.717, 1.165) is 27.6 Å². The Balaban J connectivity index is 1.76. The number of halogens is 1. The second kappa shape index (κ2) is 7.11. The summed E-state index contributed by atoms with van der Waals surface area (Å²) in [5.41, 5.74) is 8.58. The number of fused-ring (bicyclic) bond motifs is 1. The van der Waals surface area contributed by atoms with Crippen molar-refractivity contribution in [3.05, 3.63) is 72.2 Å². The van der Waals surface area contributed by atoms with Gasteiger partial charge in [-0.05, 0) is 41.8 Å². The molecule has 144 valence electrons. The molecular formula is C22H22FN3OS. The van der Waals surface area contributed by atoms with Crippen LogP contribution in [-0.4, -0.2) is 10.5 Å². The van der Waals surface area contributed by atoms with E-state index in [-0.39, 0.29) is 16.7 Å². The van der Waals surface area contributed by atoms with E-state index in [1.807, 2.05) is 35.2 Å². The quantitative estimate of drug-likeness (QED) is 0.608. The molecule has 1 unspecified atom stereocenters. The number of anilines is 2. The molecule has 0 saturated heterocycles. The Morgan fingerprint density at radius 3 is 2.64 bits per heavy atom. The number of rotatable bonds is 3. The molecule has 0 amide bonds. The summed E-state index contributed by atoms with van der Waals surface area (Å²) in [6.45, 7) is 6.44. The van der Waals surface area contributed by atoms with Crippen LogP contribution in [0, 0.1) is 5.82 Å². The zero-order valence-electron chi connectivity index (χ0n) is 16.0. The van der Waals surface area contributed by atoms with Gasteiger partial charge < -0.3 is 15.4 Å². The number of pyridine rings is 1. The van der Waals surface area contributed by atoms with Gasteiger partial charge in [0, 0.05) is 16.7 Å². The summed E-state index contributed by atoms with van der Waals surface area (Å²) < 4.78 is 19.9. The molecule has 2 aromatic carbocycles. The number of aromatic nitrogens is 1. The van der Waals surface area contributed by atoms with Crippen LogP contribution in [0.15, 0.2) is 65.7 Å². The Morgan fingerprint density at radius 1 is 1.07 bits per heavy atom.